The van der Waals surface area contributed by atoms with Gasteiger partial charge in [-0.15, -0.1) is 11.3 Å². The fraction of sp³-hybridized carbons (Fsp3) is 0.556. The van der Waals surface area contributed by atoms with E-state index < -0.39 is 10.0 Å². The quantitative estimate of drug-likeness (QED) is 0.775. The fourth-order valence-electron chi connectivity index (χ4n) is 4.22. The summed E-state index contributed by atoms with van der Waals surface area (Å²) < 4.78 is 32.7. The molecule has 2 aliphatic heterocycles. The van der Waals surface area contributed by atoms with E-state index in [-0.39, 0.29) is 11.4 Å². The molecule has 2 fully saturated rings. The van der Waals surface area contributed by atoms with Gasteiger partial charge in [0.15, 0.2) is 0 Å². The molecule has 27 heavy (non-hydrogen) atoms. The second-order valence-electron chi connectivity index (χ2n) is 7.34. The molecule has 0 saturated carbocycles. The van der Waals surface area contributed by atoms with Crippen LogP contribution in [0.15, 0.2) is 26.2 Å². The SMILES string of the molecule is Cc1noc(C)c1CN1C(=O)CCC12CCN(S(=O)(=O)c1cccs1)CC2. The van der Waals surface area contributed by atoms with E-state index in [2.05, 4.69) is 5.16 Å². The molecule has 9 heteroatoms. The highest BCUT2D eigenvalue weighted by Gasteiger charge is 2.48. The topological polar surface area (TPSA) is 83.7 Å². The highest BCUT2D eigenvalue weighted by Crippen LogP contribution is 2.41. The fourth-order valence-corrected chi connectivity index (χ4v) is 6.80. The predicted octanol–water partition coefficient (Wildman–Crippen LogP) is 2.70. The molecule has 1 amide bonds. The first-order valence-corrected chi connectivity index (χ1v) is 11.4. The summed E-state index contributed by atoms with van der Waals surface area (Å²) in [6.45, 7) is 5.10. The first-order chi connectivity index (χ1) is 12.8. The van der Waals surface area contributed by atoms with Gasteiger partial charge in [-0.05, 0) is 44.6 Å². The number of carbonyl (C=O) groups excluding carboxylic acids is 1. The zero-order valence-electron chi connectivity index (χ0n) is 15.5. The molecule has 2 aliphatic rings. The van der Waals surface area contributed by atoms with E-state index in [1.165, 1.54) is 11.3 Å². The van der Waals surface area contributed by atoms with Crippen molar-refractivity contribution < 1.29 is 17.7 Å². The molecule has 4 rings (SSSR count). The minimum Gasteiger partial charge on any atom is -0.361 e. The van der Waals surface area contributed by atoms with Crippen LogP contribution in [0.1, 0.15) is 42.7 Å². The van der Waals surface area contributed by atoms with Crippen LogP contribution in [-0.2, 0) is 21.4 Å². The number of nitrogens with zero attached hydrogens (tertiary/aromatic N) is 3. The summed E-state index contributed by atoms with van der Waals surface area (Å²) in [5, 5.41) is 5.77. The summed E-state index contributed by atoms with van der Waals surface area (Å²) in [5.41, 5.74) is 1.49. The molecule has 2 aromatic rings. The normalized spacial score (nSPS) is 20.7. The Bertz CT molecular complexity index is 922. The number of hydrogen-bond donors (Lipinski definition) is 0. The monoisotopic (exact) mass is 409 g/mol. The summed E-state index contributed by atoms with van der Waals surface area (Å²) in [7, 11) is -3.44. The van der Waals surface area contributed by atoms with Gasteiger partial charge < -0.3 is 9.42 Å². The van der Waals surface area contributed by atoms with E-state index in [1.54, 1.807) is 21.8 Å². The maximum Gasteiger partial charge on any atom is 0.252 e. The Balaban J connectivity index is 1.53. The second-order valence-corrected chi connectivity index (χ2v) is 10.5. The van der Waals surface area contributed by atoms with Gasteiger partial charge in [-0.3, -0.25) is 4.79 Å². The lowest BCUT2D eigenvalue weighted by Crippen LogP contribution is -2.53. The number of hydrogen-bond acceptors (Lipinski definition) is 6. The first-order valence-electron chi connectivity index (χ1n) is 9.09. The Morgan fingerprint density at radius 1 is 1.26 bits per heavy atom. The Kier molecular flexibility index (Phi) is 4.64. The molecule has 0 atom stereocenters. The highest BCUT2D eigenvalue weighted by molar-refractivity contribution is 7.91. The predicted molar refractivity (Wildman–Crippen MR) is 101 cm³/mol. The third-order valence-electron chi connectivity index (χ3n) is 5.92. The first kappa shape index (κ1) is 18.6. The van der Waals surface area contributed by atoms with Crippen LogP contribution < -0.4 is 0 Å². The van der Waals surface area contributed by atoms with E-state index in [0.717, 1.165) is 23.4 Å². The van der Waals surface area contributed by atoms with Crippen LogP contribution >= 0.6 is 11.3 Å². The van der Waals surface area contributed by atoms with E-state index in [4.69, 9.17) is 4.52 Å². The van der Waals surface area contributed by atoms with Crippen LogP contribution in [0.2, 0.25) is 0 Å². The lowest BCUT2D eigenvalue weighted by molar-refractivity contribution is -0.133. The number of thiophene rings is 1. The summed E-state index contributed by atoms with van der Waals surface area (Å²) in [6.07, 6.45) is 2.61. The highest BCUT2D eigenvalue weighted by atomic mass is 32.2. The van der Waals surface area contributed by atoms with Crippen molar-refractivity contribution in [2.24, 2.45) is 0 Å². The molecule has 1 spiro atoms. The number of sulfonamides is 1. The molecule has 0 aromatic carbocycles. The zero-order valence-corrected chi connectivity index (χ0v) is 17.1. The molecule has 2 aromatic heterocycles. The minimum atomic E-state index is -3.44. The van der Waals surface area contributed by atoms with Crippen LogP contribution in [-0.4, -0.2) is 47.3 Å². The minimum absolute atomic E-state index is 0.129. The van der Waals surface area contributed by atoms with Crippen LogP contribution in [0.25, 0.3) is 0 Å². The van der Waals surface area contributed by atoms with Gasteiger partial charge in [0.25, 0.3) is 10.0 Å². The summed E-state index contributed by atoms with van der Waals surface area (Å²) in [4.78, 5) is 14.5. The van der Waals surface area contributed by atoms with Crippen molar-refractivity contribution in [3.63, 3.8) is 0 Å². The van der Waals surface area contributed by atoms with Crippen LogP contribution in [0.4, 0.5) is 0 Å². The van der Waals surface area contributed by atoms with Gasteiger partial charge in [0.2, 0.25) is 5.91 Å². The summed E-state index contributed by atoms with van der Waals surface area (Å²) in [5.74, 6) is 0.865. The van der Waals surface area contributed by atoms with Crippen molar-refractivity contribution in [2.45, 2.75) is 55.8 Å². The number of likely N-dealkylation sites (tertiary alicyclic amines) is 1. The molecule has 4 heterocycles. The van der Waals surface area contributed by atoms with Crippen LogP contribution in [0, 0.1) is 13.8 Å². The van der Waals surface area contributed by atoms with Crippen molar-refractivity contribution in [2.75, 3.05) is 13.1 Å². The number of aromatic nitrogens is 1. The molecule has 0 bridgehead atoms. The van der Waals surface area contributed by atoms with Crippen molar-refractivity contribution in [1.29, 1.82) is 0 Å². The number of piperidine rings is 1. The lowest BCUT2D eigenvalue weighted by atomic mass is 9.85. The van der Waals surface area contributed by atoms with Crippen molar-refractivity contribution in [3.05, 3.63) is 34.5 Å². The Morgan fingerprint density at radius 3 is 2.59 bits per heavy atom. The molecule has 146 valence electrons. The van der Waals surface area contributed by atoms with Crippen molar-refractivity contribution >= 4 is 27.3 Å². The Hall–Kier alpha value is -1.71. The molecule has 0 unspecified atom stereocenters. The largest absolute Gasteiger partial charge is 0.361 e. The maximum atomic E-state index is 12.8. The lowest BCUT2D eigenvalue weighted by Gasteiger charge is -2.44. The summed E-state index contributed by atoms with van der Waals surface area (Å²) in [6, 6.07) is 3.40. The van der Waals surface area contributed by atoms with E-state index in [1.807, 2.05) is 18.7 Å². The van der Waals surface area contributed by atoms with Gasteiger partial charge in [-0.25, -0.2) is 8.42 Å². The van der Waals surface area contributed by atoms with E-state index in [9.17, 15) is 13.2 Å². The number of aryl methyl sites for hydroxylation is 2. The average molecular weight is 410 g/mol. The van der Waals surface area contributed by atoms with Crippen molar-refractivity contribution in [1.82, 2.24) is 14.4 Å². The molecule has 0 radical (unpaired) electrons. The molecule has 0 N–H and O–H groups in total. The van der Waals surface area contributed by atoms with Gasteiger partial charge in [0, 0.05) is 30.6 Å². The van der Waals surface area contributed by atoms with Crippen LogP contribution in [0.3, 0.4) is 0 Å². The average Bonchev–Trinajstić information content (AvgIpc) is 3.35. The molecular weight excluding hydrogens is 386 g/mol. The maximum absolute atomic E-state index is 12.8. The standard InChI is InChI=1S/C18H23N3O4S2/c1-13-15(14(2)25-19-13)12-21-16(22)5-6-18(21)7-9-20(10-8-18)27(23,24)17-4-3-11-26-17/h3-4,11H,5-10,12H2,1-2H3. The molecule has 0 aliphatic carbocycles. The number of carbonyl (C=O) groups is 1. The second kappa shape index (κ2) is 6.72. The van der Waals surface area contributed by atoms with E-state index in [0.29, 0.717) is 43.1 Å². The smallest absolute Gasteiger partial charge is 0.252 e. The van der Waals surface area contributed by atoms with Crippen LogP contribution in [0.5, 0.6) is 0 Å². The Morgan fingerprint density at radius 2 is 2.00 bits per heavy atom. The number of rotatable bonds is 4. The molecular formula is C18H23N3O4S2. The summed E-state index contributed by atoms with van der Waals surface area (Å²) >= 11 is 1.24. The van der Waals surface area contributed by atoms with Crippen molar-refractivity contribution in [3.8, 4) is 0 Å². The number of amides is 1. The molecule has 7 nitrogen and oxygen atoms in total. The Labute approximate surface area is 163 Å². The van der Waals surface area contributed by atoms with E-state index >= 15 is 0 Å². The van der Waals surface area contributed by atoms with Gasteiger partial charge in [0.1, 0.15) is 9.97 Å². The van der Waals surface area contributed by atoms with Gasteiger partial charge in [-0.2, -0.15) is 4.31 Å². The van der Waals surface area contributed by atoms with Gasteiger partial charge in [-0.1, -0.05) is 11.2 Å². The molecule has 2 saturated heterocycles. The third kappa shape index (κ3) is 3.11. The zero-order chi connectivity index (χ0) is 19.2. The van der Waals surface area contributed by atoms with Gasteiger partial charge >= 0.3 is 0 Å². The van der Waals surface area contributed by atoms with Gasteiger partial charge in [0.05, 0.1) is 12.2 Å². The third-order valence-corrected chi connectivity index (χ3v) is 9.19.